The van der Waals surface area contributed by atoms with Crippen molar-refractivity contribution in [1.29, 1.82) is 0 Å². The minimum absolute atomic E-state index is 0.688. The minimum Gasteiger partial charge on any atom is -0.492 e. The first-order valence-corrected chi connectivity index (χ1v) is 6.41. The molecule has 0 heterocycles. The number of benzene rings is 1. The van der Waals surface area contributed by atoms with Crippen molar-refractivity contribution in [2.45, 2.75) is 25.3 Å². The summed E-state index contributed by atoms with van der Waals surface area (Å²) in [5.41, 5.74) is 6.79. The number of rotatable bonds is 7. The Morgan fingerprint density at radius 1 is 1.41 bits per heavy atom. The van der Waals surface area contributed by atoms with Gasteiger partial charge in [0.05, 0.1) is 0 Å². The van der Waals surface area contributed by atoms with E-state index in [0.29, 0.717) is 6.54 Å². The van der Waals surface area contributed by atoms with Crippen LogP contribution in [0.1, 0.15) is 18.4 Å². The summed E-state index contributed by atoms with van der Waals surface area (Å²) < 4.78 is 5.76. The molecule has 0 radical (unpaired) electrons. The van der Waals surface area contributed by atoms with Gasteiger partial charge in [-0.3, -0.25) is 0 Å². The van der Waals surface area contributed by atoms with Crippen molar-refractivity contribution in [2.75, 3.05) is 26.7 Å². The molecule has 1 aromatic carbocycles. The lowest BCUT2D eigenvalue weighted by atomic mass is 10.1. The van der Waals surface area contributed by atoms with E-state index in [0.717, 1.165) is 31.4 Å². The third-order valence-electron chi connectivity index (χ3n) is 3.21. The maximum atomic E-state index is 5.76. The Morgan fingerprint density at radius 3 is 2.94 bits per heavy atom. The van der Waals surface area contributed by atoms with Crippen LogP contribution in [-0.2, 0) is 6.42 Å². The van der Waals surface area contributed by atoms with Gasteiger partial charge in [-0.2, -0.15) is 0 Å². The van der Waals surface area contributed by atoms with E-state index in [1.165, 1.54) is 18.4 Å². The van der Waals surface area contributed by atoms with Gasteiger partial charge in [0.25, 0.3) is 0 Å². The lowest BCUT2D eigenvalue weighted by molar-refractivity contribution is 0.232. The fraction of sp³-hybridized carbons (Fsp3) is 0.571. The molecule has 0 atom stereocenters. The molecule has 1 saturated carbocycles. The van der Waals surface area contributed by atoms with Gasteiger partial charge in [-0.25, -0.2) is 0 Å². The number of ether oxygens (including phenoxy) is 1. The molecule has 1 aliphatic carbocycles. The average molecular weight is 234 g/mol. The normalized spacial score (nSPS) is 15.2. The first-order chi connectivity index (χ1) is 8.29. The molecular weight excluding hydrogens is 212 g/mol. The van der Waals surface area contributed by atoms with Crippen molar-refractivity contribution in [2.24, 2.45) is 5.73 Å². The monoisotopic (exact) mass is 234 g/mol. The molecule has 3 heteroatoms. The number of hydrogen-bond donors (Lipinski definition) is 1. The molecule has 0 bridgehead atoms. The second-order valence-corrected chi connectivity index (χ2v) is 4.75. The molecule has 0 spiro atoms. The fourth-order valence-corrected chi connectivity index (χ4v) is 1.96. The lowest BCUT2D eigenvalue weighted by Gasteiger charge is -2.16. The Kier molecular flexibility index (Phi) is 4.40. The highest BCUT2D eigenvalue weighted by Gasteiger charge is 2.25. The van der Waals surface area contributed by atoms with Gasteiger partial charge >= 0.3 is 0 Å². The van der Waals surface area contributed by atoms with Crippen LogP contribution >= 0.6 is 0 Å². The smallest absolute Gasteiger partial charge is 0.119 e. The van der Waals surface area contributed by atoms with Gasteiger partial charge in [-0.1, -0.05) is 12.1 Å². The Morgan fingerprint density at radius 2 is 2.24 bits per heavy atom. The van der Waals surface area contributed by atoms with Crippen LogP contribution in [0.2, 0.25) is 0 Å². The summed E-state index contributed by atoms with van der Waals surface area (Å²) >= 11 is 0. The van der Waals surface area contributed by atoms with Gasteiger partial charge < -0.3 is 15.4 Å². The fourth-order valence-electron chi connectivity index (χ4n) is 1.96. The predicted octanol–water partition coefficient (Wildman–Crippen LogP) is 1.66. The quantitative estimate of drug-likeness (QED) is 0.780. The SMILES string of the molecule is CN(CCOc1cccc(CCN)c1)C1CC1. The second kappa shape index (κ2) is 6.03. The van der Waals surface area contributed by atoms with Crippen LogP contribution in [0.25, 0.3) is 0 Å². The van der Waals surface area contributed by atoms with Crippen molar-refractivity contribution < 1.29 is 4.74 Å². The molecule has 2 rings (SSSR count). The highest BCUT2D eigenvalue weighted by atomic mass is 16.5. The Balaban J connectivity index is 1.75. The van der Waals surface area contributed by atoms with E-state index in [4.69, 9.17) is 10.5 Å². The molecular formula is C14H22N2O. The summed E-state index contributed by atoms with van der Waals surface area (Å²) in [5, 5.41) is 0. The topological polar surface area (TPSA) is 38.5 Å². The van der Waals surface area contributed by atoms with Crippen molar-refractivity contribution in [3.05, 3.63) is 29.8 Å². The number of likely N-dealkylation sites (N-methyl/N-ethyl adjacent to an activating group) is 1. The maximum absolute atomic E-state index is 5.76. The molecule has 0 unspecified atom stereocenters. The second-order valence-electron chi connectivity index (χ2n) is 4.75. The molecule has 1 aliphatic rings. The maximum Gasteiger partial charge on any atom is 0.119 e. The van der Waals surface area contributed by atoms with Gasteiger partial charge in [0.2, 0.25) is 0 Å². The highest BCUT2D eigenvalue weighted by Crippen LogP contribution is 2.24. The van der Waals surface area contributed by atoms with Crippen LogP contribution in [0.3, 0.4) is 0 Å². The van der Waals surface area contributed by atoms with E-state index in [2.05, 4.69) is 24.1 Å². The average Bonchev–Trinajstić information content (AvgIpc) is 3.14. The van der Waals surface area contributed by atoms with Crippen LogP contribution in [0, 0.1) is 0 Å². The van der Waals surface area contributed by atoms with E-state index >= 15 is 0 Å². The standard InChI is InChI=1S/C14H22N2O/c1-16(13-5-6-13)9-10-17-14-4-2-3-12(11-14)7-8-15/h2-4,11,13H,5-10,15H2,1H3. The van der Waals surface area contributed by atoms with E-state index in [1.807, 2.05) is 12.1 Å². The number of nitrogens with zero attached hydrogens (tertiary/aromatic N) is 1. The zero-order chi connectivity index (χ0) is 12.1. The summed E-state index contributed by atoms with van der Waals surface area (Å²) in [4.78, 5) is 2.38. The molecule has 1 fully saturated rings. The van der Waals surface area contributed by atoms with Gasteiger partial charge in [0.1, 0.15) is 12.4 Å². The van der Waals surface area contributed by atoms with Crippen molar-refractivity contribution >= 4 is 0 Å². The zero-order valence-electron chi connectivity index (χ0n) is 10.6. The number of nitrogens with two attached hydrogens (primary N) is 1. The van der Waals surface area contributed by atoms with Gasteiger partial charge in [0.15, 0.2) is 0 Å². The largest absolute Gasteiger partial charge is 0.492 e. The molecule has 0 aromatic heterocycles. The van der Waals surface area contributed by atoms with Crippen molar-refractivity contribution in [1.82, 2.24) is 4.90 Å². The third kappa shape index (κ3) is 4.02. The summed E-state index contributed by atoms with van der Waals surface area (Å²) in [6, 6.07) is 9.03. The van der Waals surface area contributed by atoms with E-state index in [1.54, 1.807) is 0 Å². The van der Waals surface area contributed by atoms with Crippen molar-refractivity contribution in [3.63, 3.8) is 0 Å². The van der Waals surface area contributed by atoms with Crippen LogP contribution in [0.5, 0.6) is 5.75 Å². The van der Waals surface area contributed by atoms with Crippen molar-refractivity contribution in [3.8, 4) is 5.75 Å². The summed E-state index contributed by atoms with van der Waals surface area (Å²) in [6.07, 6.45) is 3.62. The number of hydrogen-bond acceptors (Lipinski definition) is 3. The molecule has 94 valence electrons. The van der Waals surface area contributed by atoms with Gasteiger partial charge in [-0.05, 0) is 50.6 Å². The summed E-state index contributed by atoms with van der Waals surface area (Å²) in [7, 11) is 2.17. The molecule has 3 nitrogen and oxygen atoms in total. The molecule has 0 aliphatic heterocycles. The molecule has 17 heavy (non-hydrogen) atoms. The van der Waals surface area contributed by atoms with Gasteiger partial charge in [0, 0.05) is 12.6 Å². The minimum atomic E-state index is 0.688. The Bertz CT molecular complexity index is 350. The Hall–Kier alpha value is -1.06. The molecule has 0 saturated heterocycles. The lowest BCUT2D eigenvalue weighted by Crippen LogP contribution is -2.26. The van der Waals surface area contributed by atoms with Crippen LogP contribution in [0.4, 0.5) is 0 Å². The van der Waals surface area contributed by atoms with Crippen LogP contribution in [0.15, 0.2) is 24.3 Å². The van der Waals surface area contributed by atoms with E-state index in [9.17, 15) is 0 Å². The first-order valence-electron chi connectivity index (χ1n) is 6.41. The molecule has 0 amide bonds. The molecule has 2 N–H and O–H groups in total. The zero-order valence-corrected chi connectivity index (χ0v) is 10.6. The summed E-state index contributed by atoms with van der Waals surface area (Å²) in [5.74, 6) is 0.958. The predicted molar refractivity (Wildman–Crippen MR) is 70.3 cm³/mol. The highest BCUT2D eigenvalue weighted by molar-refractivity contribution is 5.28. The van der Waals surface area contributed by atoms with Crippen LogP contribution < -0.4 is 10.5 Å². The third-order valence-corrected chi connectivity index (χ3v) is 3.21. The first kappa shape index (κ1) is 12.4. The summed E-state index contributed by atoms with van der Waals surface area (Å²) in [6.45, 7) is 2.46. The van der Waals surface area contributed by atoms with Gasteiger partial charge in [-0.15, -0.1) is 0 Å². The molecule has 1 aromatic rings. The van der Waals surface area contributed by atoms with E-state index in [-0.39, 0.29) is 0 Å². The van der Waals surface area contributed by atoms with Crippen LogP contribution in [-0.4, -0.2) is 37.7 Å². The van der Waals surface area contributed by atoms with E-state index < -0.39 is 0 Å². The Labute approximate surface area is 104 Å².